The number of likely N-dealkylation sites (N-methyl/N-ethyl adjacent to an activating group) is 1. The van der Waals surface area contributed by atoms with Gasteiger partial charge in [0.15, 0.2) is 0 Å². The molecule has 2 aromatic rings. The van der Waals surface area contributed by atoms with Gasteiger partial charge in [-0.1, -0.05) is 51.1 Å². The molecular weight excluding hydrogens is 705 g/mol. The molecule has 0 fully saturated rings. The molecule has 2 N–H and O–H groups in total. The van der Waals surface area contributed by atoms with Gasteiger partial charge in [0.2, 0.25) is 17.7 Å². The third kappa shape index (κ3) is 9.36. The molecule has 0 saturated heterocycles. The van der Waals surface area contributed by atoms with Crippen LogP contribution >= 0.6 is 0 Å². The lowest BCUT2D eigenvalue weighted by Crippen LogP contribution is -2.62. The first-order chi connectivity index (χ1) is 23.9. The zero-order valence-electron chi connectivity index (χ0n) is 30.6. The summed E-state index contributed by atoms with van der Waals surface area (Å²) in [5, 5.41) is 5.84. The molecule has 52 heavy (non-hydrogen) atoms. The van der Waals surface area contributed by atoms with Crippen LogP contribution < -0.4 is 14.8 Å². The summed E-state index contributed by atoms with van der Waals surface area (Å²) in [4.78, 5) is 57.5. The molecule has 0 bridgehead atoms. The standard InChI is InChI=1S/C36H47F3N4O8S/c1-21(42(8)33(47)50-35(5,6)7)30(44)41-29(34(2,3)4)32(46)43-20-23-16-17-25(51-52(48,49)36(37,38)39)18-24(23)19-28(43)31(45)40-27-15-11-13-22-12-9-10-14-26(22)27/h9-10,12,14,16-18,21,27-29H,11,13,15,19-20H2,1-8H3,(H,40,45)(H,41,44)/t21-,27+,28?,29+/m0/s1. The molecule has 0 spiro atoms. The first kappa shape index (κ1) is 40.4. The van der Waals surface area contributed by atoms with Crippen LogP contribution in [0.5, 0.6) is 5.75 Å². The predicted octanol–water partition coefficient (Wildman–Crippen LogP) is 5.15. The molecule has 0 saturated carbocycles. The highest BCUT2D eigenvalue weighted by Crippen LogP contribution is 2.34. The number of hydrogen-bond acceptors (Lipinski definition) is 8. The van der Waals surface area contributed by atoms with E-state index in [9.17, 15) is 40.8 Å². The van der Waals surface area contributed by atoms with Gasteiger partial charge in [-0.15, -0.1) is 0 Å². The molecule has 4 atom stereocenters. The molecule has 4 rings (SSSR count). The molecule has 2 aliphatic rings. The second kappa shape index (κ2) is 15.0. The minimum absolute atomic E-state index is 0.185. The highest BCUT2D eigenvalue weighted by Gasteiger charge is 2.49. The second-order valence-corrected chi connectivity index (χ2v) is 16.9. The van der Waals surface area contributed by atoms with E-state index in [4.69, 9.17) is 4.74 Å². The number of amides is 4. The van der Waals surface area contributed by atoms with Crippen LogP contribution in [0.15, 0.2) is 42.5 Å². The van der Waals surface area contributed by atoms with E-state index in [0.717, 1.165) is 41.0 Å². The van der Waals surface area contributed by atoms with Gasteiger partial charge in [0.05, 0.1) is 6.04 Å². The second-order valence-electron chi connectivity index (χ2n) is 15.3. The number of carbonyl (C=O) groups excluding carboxylic acids is 4. The maximum Gasteiger partial charge on any atom is 0.534 e. The van der Waals surface area contributed by atoms with Crippen molar-refractivity contribution in [2.75, 3.05) is 7.05 Å². The number of aryl methyl sites for hydroxylation is 1. The molecule has 0 aromatic heterocycles. The average molecular weight is 753 g/mol. The zero-order valence-corrected chi connectivity index (χ0v) is 31.4. The molecule has 2 aromatic carbocycles. The van der Waals surface area contributed by atoms with Gasteiger partial charge in [0, 0.05) is 20.0 Å². The molecule has 1 aliphatic heterocycles. The lowest BCUT2D eigenvalue weighted by molar-refractivity contribution is -0.147. The Morgan fingerprint density at radius 3 is 2.23 bits per heavy atom. The van der Waals surface area contributed by atoms with Gasteiger partial charge in [0.25, 0.3) is 0 Å². The van der Waals surface area contributed by atoms with Crippen molar-refractivity contribution < 1.29 is 49.7 Å². The van der Waals surface area contributed by atoms with Crippen LogP contribution in [-0.4, -0.2) is 78.3 Å². The van der Waals surface area contributed by atoms with Crippen molar-refractivity contribution in [3.8, 4) is 5.75 Å². The van der Waals surface area contributed by atoms with Crippen molar-refractivity contribution in [2.24, 2.45) is 5.41 Å². The molecule has 1 aliphatic carbocycles. The van der Waals surface area contributed by atoms with Crippen molar-refractivity contribution in [1.29, 1.82) is 0 Å². The van der Waals surface area contributed by atoms with Crippen molar-refractivity contribution in [1.82, 2.24) is 20.4 Å². The van der Waals surface area contributed by atoms with Gasteiger partial charge in [-0.25, -0.2) is 4.79 Å². The van der Waals surface area contributed by atoms with Crippen LogP contribution in [0, 0.1) is 5.41 Å². The normalized spacial score (nSPS) is 18.9. The number of hydrogen-bond donors (Lipinski definition) is 2. The Morgan fingerprint density at radius 1 is 0.962 bits per heavy atom. The van der Waals surface area contributed by atoms with Crippen LogP contribution in [0.4, 0.5) is 18.0 Å². The Kier molecular flexibility index (Phi) is 11.6. The molecule has 4 amide bonds. The summed E-state index contributed by atoms with van der Waals surface area (Å²) in [6.07, 6.45) is 1.35. The quantitative estimate of drug-likeness (QED) is 0.278. The van der Waals surface area contributed by atoms with Crippen molar-refractivity contribution >= 4 is 33.9 Å². The van der Waals surface area contributed by atoms with Crippen LogP contribution in [0.1, 0.15) is 89.6 Å². The van der Waals surface area contributed by atoms with Crippen LogP contribution in [0.2, 0.25) is 0 Å². The first-order valence-corrected chi connectivity index (χ1v) is 18.4. The summed E-state index contributed by atoms with van der Waals surface area (Å²) in [6.45, 7) is 11.6. The van der Waals surface area contributed by atoms with Crippen molar-refractivity contribution in [3.05, 3.63) is 64.7 Å². The van der Waals surface area contributed by atoms with E-state index in [1.807, 2.05) is 24.3 Å². The average Bonchev–Trinajstić information content (AvgIpc) is 3.03. The molecular formula is C36H47F3N4O8S. The van der Waals surface area contributed by atoms with Crippen molar-refractivity contribution in [2.45, 2.75) is 116 Å². The Bertz CT molecular complexity index is 1800. The fourth-order valence-corrected chi connectivity index (χ4v) is 6.62. The van der Waals surface area contributed by atoms with Gasteiger partial charge in [-0.2, -0.15) is 21.6 Å². The SMILES string of the molecule is C[C@@H](C(=O)N[C@H](C(=O)N1Cc2ccc(OS(=O)(=O)C(F)(F)F)cc2CC1C(=O)N[C@@H]1CCCc2ccccc21)C(C)(C)C)N(C)C(=O)OC(C)(C)C. The number of alkyl halides is 3. The summed E-state index contributed by atoms with van der Waals surface area (Å²) in [6, 6.07) is 7.36. The highest BCUT2D eigenvalue weighted by molar-refractivity contribution is 7.88. The van der Waals surface area contributed by atoms with Gasteiger partial charge >= 0.3 is 21.7 Å². The minimum Gasteiger partial charge on any atom is -0.444 e. The summed E-state index contributed by atoms with van der Waals surface area (Å²) >= 11 is 0. The van der Waals surface area contributed by atoms with E-state index in [1.54, 1.807) is 41.5 Å². The number of nitrogens with zero attached hydrogens (tertiary/aromatic N) is 2. The molecule has 286 valence electrons. The largest absolute Gasteiger partial charge is 0.534 e. The lowest BCUT2D eigenvalue weighted by atomic mass is 9.83. The number of rotatable bonds is 8. The van der Waals surface area contributed by atoms with Gasteiger partial charge in [0.1, 0.15) is 29.5 Å². The summed E-state index contributed by atoms with van der Waals surface area (Å²) < 4.78 is 72.5. The van der Waals surface area contributed by atoms with E-state index >= 15 is 0 Å². The molecule has 16 heteroatoms. The smallest absolute Gasteiger partial charge is 0.444 e. The number of fused-ring (bicyclic) bond motifs is 2. The summed E-state index contributed by atoms with van der Waals surface area (Å²) in [5.74, 6) is -2.39. The van der Waals surface area contributed by atoms with Gasteiger partial charge in [-0.05, 0) is 86.8 Å². The maximum atomic E-state index is 14.6. The van der Waals surface area contributed by atoms with E-state index in [1.165, 1.54) is 24.9 Å². The molecule has 1 heterocycles. The first-order valence-electron chi connectivity index (χ1n) is 17.0. The van der Waals surface area contributed by atoms with E-state index in [2.05, 4.69) is 14.8 Å². The van der Waals surface area contributed by atoms with Gasteiger partial charge < -0.3 is 24.5 Å². The van der Waals surface area contributed by atoms with Crippen LogP contribution in [0.25, 0.3) is 0 Å². The maximum absolute atomic E-state index is 14.6. The number of nitrogens with one attached hydrogen (secondary N) is 2. The molecule has 12 nitrogen and oxygen atoms in total. The fraction of sp³-hybridized carbons (Fsp3) is 0.556. The van der Waals surface area contributed by atoms with E-state index in [0.29, 0.717) is 17.5 Å². The summed E-state index contributed by atoms with van der Waals surface area (Å²) in [7, 11) is -4.56. The Labute approximate surface area is 302 Å². The van der Waals surface area contributed by atoms with E-state index in [-0.39, 0.29) is 19.0 Å². The highest BCUT2D eigenvalue weighted by atomic mass is 32.2. The fourth-order valence-electron chi connectivity index (χ4n) is 6.17. The van der Waals surface area contributed by atoms with Crippen LogP contribution in [-0.2, 0) is 48.6 Å². The van der Waals surface area contributed by atoms with E-state index < -0.39 is 74.3 Å². The minimum atomic E-state index is -5.96. The Balaban J connectivity index is 1.68. The lowest BCUT2D eigenvalue weighted by Gasteiger charge is -2.42. The number of carbonyl (C=O) groups is 4. The number of benzene rings is 2. The summed E-state index contributed by atoms with van der Waals surface area (Å²) in [5.41, 5.74) is -4.60. The monoisotopic (exact) mass is 752 g/mol. The zero-order chi connectivity index (χ0) is 39.0. The molecule has 1 unspecified atom stereocenters. The predicted molar refractivity (Wildman–Crippen MR) is 185 cm³/mol. The van der Waals surface area contributed by atoms with Crippen LogP contribution in [0.3, 0.4) is 0 Å². The molecule has 0 radical (unpaired) electrons. The van der Waals surface area contributed by atoms with Crippen molar-refractivity contribution in [3.63, 3.8) is 0 Å². The Morgan fingerprint density at radius 2 is 1.62 bits per heavy atom. The number of halogens is 3. The number of ether oxygens (including phenoxy) is 1. The third-order valence-electron chi connectivity index (χ3n) is 9.11. The Hall–Kier alpha value is -4.34. The van der Waals surface area contributed by atoms with Gasteiger partial charge in [-0.3, -0.25) is 19.3 Å². The third-order valence-corrected chi connectivity index (χ3v) is 10.1. The topological polar surface area (TPSA) is 151 Å².